The molecule has 1 saturated carbocycles. The van der Waals surface area contributed by atoms with Gasteiger partial charge in [0.25, 0.3) is 0 Å². The van der Waals surface area contributed by atoms with E-state index >= 15 is 0 Å². The molecule has 18 heavy (non-hydrogen) atoms. The lowest BCUT2D eigenvalue weighted by atomic mass is 10.3. The highest BCUT2D eigenvalue weighted by Crippen LogP contribution is 2.38. The van der Waals surface area contributed by atoms with Gasteiger partial charge in [-0.25, -0.2) is 0 Å². The van der Waals surface area contributed by atoms with Crippen molar-refractivity contribution in [2.24, 2.45) is 11.8 Å². The van der Waals surface area contributed by atoms with Crippen molar-refractivity contribution in [1.82, 2.24) is 15.5 Å². The Morgan fingerprint density at radius 3 is 2.83 bits per heavy atom. The second-order valence-corrected chi connectivity index (χ2v) is 5.45. The zero-order chi connectivity index (χ0) is 13.1. The van der Waals surface area contributed by atoms with Crippen LogP contribution >= 0.6 is 0 Å². The van der Waals surface area contributed by atoms with Crippen molar-refractivity contribution < 1.29 is 4.42 Å². The highest BCUT2D eigenvalue weighted by Gasteiger charge is 2.34. The summed E-state index contributed by atoms with van der Waals surface area (Å²) in [5, 5.41) is 11.6. The van der Waals surface area contributed by atoms with Crippen LogP contribution in [0.4, 0.5) is 6.01 Å². The summed E-state index contributed by atoms with van der Waals surface area (Å²) in [5.41, 5.74) is 0. The molecular weight excluding hydrogens is 228 g/mol. The minimum absolute atomic E-state index is 0.124. The first kappa shape index (κ1) is 13.3. The number of nitrogens with zero attached hydrogens (tertiary/aromatic N) is 3. The van der Waals surface area contributed by atoms with Crippen LogP contribution < -0.4 is 10.2 Å². The van der Waals surface area contributed by atoms with Gasteiger partial charge < -0.3 is 14.6 Å². The monoisotopic (exact) mass is 252 g/mol. The number of nitrogens with one attached hydrogen (secondary N) is 1. The fourth-order valence-electron chi connectivity index (χ4n) is 2.09. The van der Waals surface area contributed by atoms with Crippen molar-refractivity contribution in [3.05, 3.63) is 5.89 Å². The van der Waals surface area contributed by atoms with Crippen LogP contribution in [0.15, 0.2) is 4.42 Å². The molecule has 3 atom stereocenters. The normalized spacial score (nSPS) is 24.0. The zero-order valence-corrected chi connectivity index (χ0v) is 11.8. The molecule has 1 aliphatic rings. The molecule has 0 aliphatic heterocycles. The average molecular weight is 252 g/mol. The number of anilines is 1. The molecule has 1 N–H and O–H groups in total. The Morgan fingerprint density at radius 1 is 1.50 bits per heavy atom. The summed E-state index contributed by atoms with van der Waals surface area (Å²) < 4.78 is 5.71. The Kier molecular flexibility index (Phi) is 4.22. The molecule has 5 nitrogen and oxygen atoms in total. The van der Waals surface area contributed by atoms with Crippen LogP contribution in [0.2, 0.25) is 0 Å². The van der Waals surface area contributed by atoms with E-state index in [0.717, 1.165) is 31.3 Å². The van der Waals surface area contributed by atoms with E-state index in [4.69, 9.17) is 4.42 Å². The lowest BCUT2D eigenvalue weighted by Gasteiger charge is -2.13. The van der Waals surface area contributed by atoms with E-state index in [1.807, 2.05) is 7.05 Å². The van der Waals surface area contributed by atoms with Crippen molar-refractivity contribution in [1.29, 1.82) is 0 Å². The maximum Gasteiger partial charge on any atom is 0.317 e. The van der Waals surface area contributed by atoms with E-state index in [1.54, 1.807) is 0 Å². The van der Waals surface area contributed by atoms with Crippen molar-refractivity contribution >= 4 is 6.01 Å². The van der Waals surface area contributed by atoms with E-state index in [2.05, 4.69) is 41.2 Å². The lowest BCUT2D eigenvalue weighted by molar-refractivity contribution is 0.415. The lowest BCUT2D eigenvalue weighted by Crippen LogP contribution is -2.21. The predicted molar refractivity (Wildman–Crippen MR) is 71.5 cm³/mol. The molecule has 102 valence electrons. The Balaban J connectivity index is 1.88. The summed E-state index contributed by atoms with van der Waals surface area (Å²) in [6.45, 7) is 8.46. The van der Waals surface area contributed by atoms with Gasteiger partial charge in [-0.1, -0.05) is 18.9 Å². The molecule has 0 saturated heterocycles. The van der Waals surface area contributed by atoms with Crippen molar-refractivity contribution in [2.45, 2.75) is 39.7 Å². The van der Waals surface area contributed by atoms with Gasteiger partial charge in [0, 0.05) is 13.6 Å². The van der Waals surface area contributed by atoms with Gasteiger partial charge in [0.15, 0.2) is 0 Å². The highest BCUT2D eigenvalue weighted by molar-refractivity contribution is 5.23. The molecule has 0 radical (unpaired) electrons. The Morgan fingerprint density at radius 2 is 2.22 bits per heavy atom. The van der Waals surface area contributed by atoms with E-state index in [1.165, 1.54) is 6.42 Å². The van der Waals surface area contributed by atoms with Crippen LogP contribution in [-0.2, 0) is 0 Å². The number of hydrogen-bond acceptors (Lipinski definition) is 5. The largest absolute Gasteiger partial charge is 0.406 e. The summed E-state index contributed by atoms with van der Waals surface area (Å²) in [6, 6.07) is 0.758. The standard InChI is InChI=1S/C13H24N4O/c1-5-6-14-10(3)12-15-16-13(18-12)17(4)8-11-7-9(11)2/h9-11,14H,5-8H2,1-4H3. The minimum Gasteiger partial charge on any atom is -0.406 e. The van der Waals surface area contributed by atoms with Crippen LogP contribution in [0, 0.1) is 11.8 Å². The first-order valence-electron chi connectivity index (χ1n) is 6.89. The van der Waals surface area contributed by atoms with Gasteiger partial charge in [-0.15, -0.1) is 5.10 Å². The molecule has 0 spiro atoms. The van der Waals surface area contributed by atoms with Crippen molar-refractivity contribution in [3.8, 4) is 0 Å². The zero-order valence-electron chi connectivity index (χ0n) is 11.8. The van der Waals surface area contributed by atoms with E-state index < -0.39 is 0 Å². The molecule has 2 rings (SSSR count). The average Bonchev–Trinajstić information content (AvgIpc) is 2.85. The summed E-state index contributed by atoms with van der Waals surface area (Å²) in [6.07, 6.45) is 2.42. The van der Waals surface area contributed by atoms with Crippen LogP contribution in [0.1, 0.15) is 45.5 Å². The van der Waals surface area contributed by atoms with E-state index in [-0.39, 0.29) is 6.04 Å². The number of rotatable bonds is 7. The molecule has 1 heterocycles. The van der Waals surface area contributed by atoms with Crippen LogP contribution in [0.25, 0.3) is 0 Å². The van der Waals surface area contributed by atoms with Crippen LogP contribution in [0.5, 0.6) is 0 Å². The van der Waals surface area contributed by atoms with Crippen LogP contribution in [-0.4, -0.2) is 30.3 Å². The molecule has 0 aromatic carbocycles. The minimum atomic E-state index is 0.124. The smallest absolute Gasteiger partial charge is 0.317 e. The Labute approximate surface area is 109 Å². The summed E-state index contributed by atoms with van der Waals surface area (Å²) in [5.74, 6) is 2.31. The number of hydrogen-bond donors (Lipinski definition) is 1. The predicted octanol–water partition coefficient (Wildman–Crippen LogP) is 2.22. The van der Waals surface area contributed by atoms with Gasteiger partial charge in [-0.2, -0.15) is 0 Å². The molecule has 5 heteroatoms. The third-order valence-electron chi connectivity index (χ3n) is 3.61. The first-order chi connectivity index (χ1) is 8.61. The maximum absolute atomic E-state index is 5.71. The fourth-order valence-corrected chi connectivity index (χ4v) is 2.09. The van der Waals surface area contributed by atoms with Crippen molar-refractivity contribution in [3.63, 3.8) is 0 Å². The second-order valence-electron chi connectivity index (χ2n) is 5.45. The van der Waals surface area contributed by atoms with E-state index in [9.17, 15) is 0 Å². The van der Waals surface area contributed by atoms with Gasteiger partial charge in [0.1, 0.15) is 0 Å². The molecule has 1 aromatic heterocycles. The van der Waals surface area contributed by atoms with Crippen LogP contribution in [0.3, 0.4) is 0 Å². The van der Waals surface area contributed by atoms with Crippen molar-refractivity contribution in [2.75, 3.05) is 25.0 Å². The summed E-state index contributed by atoms with van der Waals surface area (Å²) in [7, 11) is 2.02. The topological polar surface area (TPSA) is 54.2 Å². The van der Waals surface area contributed by atoms with Gasteiger partial charge in [0.05, 0.1) is 6.04 Å². The first-order valence-corrected chi connectivity index (χ1v) is 6.89. The molecule has 1 aliphatic carbocycles. The highest BCUT2D eigenvalue weighted by atomic mass is 16.4. The fraction of sp³-hybridized carbons (Fsp3) is 0.846. The molecule has 0 bridgehead atoms. The number of aromatic nitrogens is 2. The van der Waals surface area contributed by atoms with Gasteiger partial charge in [0.2, 0.25) is 5.89 Å². The second kappa shape index (κ2) is 5.69. The summed E-state index contributed by atoms with van der Waals surface area (Å²) in [4.78, 5) is 2.07. The molecule has 0 amide bonds. The summed E-state index contributed by atoms with van der Waals surface area (Å²) >= 11 is 0. The Hall–Kier alpha value is -1.10. The van der Waals surface area contributed by atoms with Gasteiger partial charge >= 0.3 is 6.01 Å². The maximum atomic E-state index is 5.71. The van der Waals surface area contributed by atoms with Gasteiger partial charge in [-0.3, -0.25) is 0 Å². The third kappa shape index (κ3) is 3.22. The third-order valence-corrected chi connectivity index (χ3v) is 3.61. The Bertz CT molecular complexity index is 379. The quantitative estimate of drug-likeness (QED) is 0.806. The molecule has 3 unspecified atom stereocenters. The molecular formula is C13H24N4O. The molecule has 1 aromatic rings. The van der Waals surface area contributed by atoms with Gasteiger partial charge in [-0.05, 0) is 38.1 Å². The SMILES string of the molecule is CCCNC(C)c1nnc(N(C)CC2CC2C)o1. The van der Waals surface area contributed by atoms with E-state index in [0.29, 0.717) is 11.9 Å². The molecule has 1 fully saturated rings.